The van der Waals surface area contributed by atoms with Crippen molar-refractivity contribution in [3.05, 3.63) is 101 Å². The third-order valence-electron chi connectivity index (χ3n) is 9.15. The zero-order valence-corrected chi connectivity index (χ0v) is 29.5. The third-order valence-corrected chi connectivity index (χ3v) is 9.15. The van der Waals surface area contributed by atoms with E-state index in [4.69, 9.17) is 29.3 Å². The number of anilines is 2. The number of ether oxygens (including phenoxy) is 3. The van der Waals surface area contributed by atoms with Crippen molar-refractivity contribution in [2.45, 2.75) is 45.9 Å². The summed E-state index contributed by atoms with van der Waals surface area (Å²) in [6.45, 7) is 7.65. The van der Waals surface area contributed by atoms with Crippen LogP contribution in [0.25, 0.3) is 5.65 Å². The van der Waals surface area contributed by atoms with Gasteiger partial charge in [-0.1, -0.05) is 49.7 Å². The molecule has 0 bridgehead atoms. The molecule has 268 valence electrons. The van der Waals surface area contributed by atoms with E-state index in [9.17, 15) is 15.0 Å². The van der Waals surface area contributed by atoms with Crippen molar-refractivity contribution in [3.8, 4) is 17.5 Å². The molecule has 5 aromatic rings. The average molecular weight is 696 g/mol. The van der Waals surface area contributed by atoms with Gasteiger partial charge < -0.3 is 39.1 Å². The zero-order chi connectivity index (χ0) is 35.9. The molecule has 1 aliphatic heterocycles. The Bertz CT molecular complexity index is 1870. The van der Waals surface area contributed by atoms with Gasteiger partial charge in [-0.05, 0) is 65.9 Å². The van der Waals surface area contributed by atoms with Gasteiger partial charge in [0.15, 0.2) is 11.5 Å². The van der Waals surface area contributed by atoms with Crippen LogP contribution in [-0.2, 0) is 13.1 Å². The van der Waals surface area contributed by atoms with Crippen molar-refractivity contribution in [2.24, 2.45) is 0 Å². The molecule has 1 amide bonds. The maximum Gasteiger partial charge on any atom is 0.407 e. The fourth-order valence-corrected chi connectivity index (χ4v) is 6.25. The van der Waals surface area contributed by atoms with Crippen LogP contribution in [0.4, 0.5) is 16.3 Å². The van der Waals surface area contributed by atoms with Crippen LogP contribution >= 0.6 is 0 Å². The van der Waals surface area contributed by atoms with Gasteiger partial charge in [0.25, 0.3) is 0 Å². The van der Waals surface area contributed by atoms with Gasteiger partial charge in [-0.2, -0.15) is 4.98 Å². The van der Waals surface area contributed by atoms with Crippen molar-refractivity contribution in [1.29, 1.82) is 0 Å². The predicted molar refractivity (Wildman–Crippen MR) is 194 cm³/mol. The summed E-state index contributed by atoms with van der Waals surface area (Å²) in [6.07, 6.45) is 1.50. The van der Waals surface area contributed by atoms with Gasteiger partial charge in [0.2, 0.25) is 0 Å². The summed E-state index contributed by atoms with van der Waals surface area (Å²) < 4.78 is 18.5. The van der Waals surface area contributed by atoms with Crippen LogP contribution in [0.15, 0.2) is 72.9 Å². The van der Waals surface area contributed by atoms with E-state index in [0.29, 0.717) is 68.6 Å². The number of benzene rings is 3. The summed E-state index contributed by atoms with van der Waals surface area (Å²) in [5.74, 6) is 2.11. The van der Waals surface area contributed by atoms with E-state index in [1.807, 2.05) is 73.7 Å². The lowest BCUT2D eigenvalue weighted by Gasteiger charge is -2.35. The van der Waals surface area contributed by atoms with Crippen molar-refractivity contribution < 1.29 is 29.2 Å². The molecule has 1 saturated heterocycles. The molecule has 2 aromatic heterocycles. The number of rotatable bonds is 14. The second kappa shape index (κ2) is 16.0. The number of piperazine rings is 1. The van der Waals surface area contributed by atoms with E-state index < -0.39 is 12.2 Å². The smallest absolute Gasteiger partial charge is 0.407 e. The molecule has 3 heterocycles. The molecule has 1 aliphatic rings. The molecule has 6 rings (SSSR count). The Hall–Kier alpha value is -5.56. The minimum absolute atomic E-state index is 0.193. The summed E-state index contributed by atoms with van der Waals surface area (Å²) >= 11 is 0. The molecule has 1 fully saturated rings. The molecule has 2 N–H and O–H groups in total. The molecule has 0 saturated carbocycles. The number of unbranched alkanes of at least 4 members (excludes halogenated alkanes) is 1. The van der Waals surface area contributed by atoms with Crippen LogP contribution in [0.3, 0.4) is 0 Å². The van der Waals surface area contributed by atoms with Crippen LogP contribution in [0.1, 0.15) is 53.8 Å². The summed E-state index contributed by atoms with van der Waals surface area (Å²) in [4.78, 5) is 26.8. The van der Waals surface area contributed by atoms with Crippen LogP contribution in [-0.4, -0.2) is 87.8 Å². The fraction of sp³-hybridized carbons (Fsp3) is 0.368. The lowest BCUT2D eigenvalue weighted by molar-refractivity contribution is 0.142. The van der Waals surface area contributed by atoms with Crippen molar-refractivity contribution in [3.63, 3.8) is 0 Å². The number of nitrogens with zero attached hydrogens (tertiary/aromatic N) is 7. The Morgan fingerprint density at radius 3 is 2.10 bits per heavy atom. The Kier molecular flexibility index (Phi) is 11.1. The molecular weight excluding hydrogens is 650 g/mol. The number of methoxy groups -OCH3 is 2. The van der Waals surface area contributed by atoms with Crippen LogP contribution in [0, 0.1) is 6.92 Å². The van der Waals surface area contributed by atoms with E-state index in [1.165, 1.54) is 4.90 Å². The molecule has 0 aliphatic carbocycles. The van der Waals surface area contributed by atoms with Gasteiger partial charge >= 0.3 is 12.1 Å². The lowest BCUT2D eigenvalue weighted by Crippen LogP contribution is -2.48. The lowest BCUT2D eigenvalue weighted by atomic mass is 10.0. The minimum atomic E-state index is -1.04. The maximum absolute atomic E-state index is 11.8. The second-order valence-corrected chi connectivity index (χ2v) is 12.6. The Morgan fingerprint density at radius 1 is 0.922 bits per heavy atom. The molecular formula is C38H45N7O6. The summed E-state index contributed by atoms with van der Waals surface area (Å²) in [6, 6.07) is 21.9. The second-order valence-electron chi connectivity index (χ2n) is 12.6. The summed E-state index contributed by atoms with van der Waals surface area (Å²) in [7, 11) is 3.29. The van der Waals surface area contributed by atoms with E-state index in [-0.39, 0.29) is 6.01 Å². The monoisotopic (exact) mass is 695 g/mol. The highest BCUT2D eigenvalue weighted by Crippen LogP contribution is 2.32. The van der Waals surface area contributed by atoms with E-state index in [1.54, 1.807) is 24.9 Å². The van der Waals surface area contributed by atoms with Gasteiger partial charge in [-0.15, -0.1) is 5.10 Å². The quantitative estimate of drug-likeness (QED) is 0.138. The number of aliphatic hydroxyl groups excluding tert-OH is 1. The zero-order valence-electron chi connectivity index (χ0n) is 29.5. The normalized spacial score (nSPS) is 13.7. The Morgan fingerprint density at radius 2 is 1.55 bits per heavy atom. The molecule has 13 nitrogen and oxygen atoms in total. The highest BCUT2D eigenvalue weighted by molar-refractivity contribution is 5.67. The first-order valence-electron chi connectivity index (χ1n) is 17.2. The van der Waals surface area contributed by atoms with Crippen molar-refractivity contribution in [1.82, 2.24) is 24.5 Å². The van der Waals surface area contributed by atoms with Crippen molar-refractivity contribution in [2.75, 3.05) is 56.8 Å². The number of carboxylic acid groups (broad SMARTS) is 1. The predicted octanol–water partition coefficient (Wildman–Crippen LogP) is 5.72. The number of aromatic nitrogens is 4. The SMILES string of the molecule is CCCCOc1nc(N(Cc2ccc(OC)cc2)Cc2ccc(OC)cc2)c2ncc(C(O)c3ccc(N4CCN(C(=O)O)CC4)c(C)c3)n2n1. The van der Waals surface area contributed by atoms with Gasteiger partial charge in [-0.3, -0.25) is 0 Å². The Labute approximate surface area is 297 Å². The average Bonchev–Trinajstić information content (AvgIpc) is 3.58. The molecule has 3 aromatic carbocycles. The van der Waals surface area contributed by atoms with Gasteiger partial charge in [-0.25, -0.2) is 14.3 Å². The number of aryl methyl sites for hydroxylation is 1. The van der Waals surface area contributed by atoms with Gasteiger partial charge in [0, 0.05) is 45.0 Å². The van der Waals surface area contributed by atoms with Crippen molar-refractivity contribution >= 4 is 23.2 Å². The topological polar surface area (TPSA) is 138 Å². The van der Waals surface area contributed by atoms with Gasteiger partial charge in [0.05, 0.1) is 32.7 Å². The Balaban J connectivity index is 1.36. The summed E-state index contributed by atoms with van der Waals surface area (Å²) in [5, 5.41) is 25.9. The first-order valence-corrected chi connectivity index (χ1v) is 17.2. The molecule has 13 heteroatoms. The van der Waals surface area contributed by atoms with E-state index >= 15 is 0 Å². The maximum atomic E-state index is 11.8. The number of fused-ring (bicyclic) bond motifs is 1. The number of aliphatic hydroxyl groups is 1. The van der Waals surface area contributed by atoms with Crippen LogP contribution < -0.4 is 24.0 Å². The molecule has 0 spiro atoms. The largest absolute Gasteiger partial charge is 0.497 e. The number of imidazole rings is 1. The molecule has 1 atom stereocenters. The van der Waals surface area contributed by atoms with Crippen LogP contribution in [0.5, 0.6) is 17.5 Å². The first-order chi connectivity index (χ1) is 24.8. The number of carbonyl (C=O) groups is 1. The number of amides is 1. The van der Waals surface area contributed by atoms with E-state index in [0.717, 1.165) is 46.7 Å². The number of hydrogen-bond acceptors (Lipinski definition) is 10. The molecule has 51 heavy (non-hydrogen) atoms. The fourth-order valence-electron chi connectivity index (χ4n) is 6.25. The molecule has 1 unspecified atom stereocenters. The number of hydrogen-bond donors (Lipinski definition) is 2. The van der Waals surface area contributed by atoms with Gasteiger partial charge in [0.1, 0.15) is 17.6 Å². The highest BCUT2D eigenvalue weighted by Gasteiger charge is 2.26. The van der Waals surface area contributed by atoms with Crippen LogP contribution in [0.2, 0.25) is 0 Å². The first kappa shape index (κ1) is 35.3. The minimum Gasteiger partial charge on any atom is -0.497 e. The highest BCUT2D eigenvalue weighted by atomic mass is 16.5. The standard InChI is InChI=1S/C38H45N7O6/c1-5-6-21-51-37-40-36(44(24-27-7-12-30(49-3)13-8-27)25-28-9-14-31(50-4)15-10-28)35-39-23-33(45(35)41-37)34(46)29-11-16-32(26(2)22-29)42-17-19-43(20-18-42)38(47)48/h7-16,22-23,34,46H,5-6,17-21,24-25H2,1-4H3,(H,47,48). The van der Waals surface area contributed by atoms with E-state index in [2.05, 4.69) is 16.7 Å². The summed E-state index contributed by atoms with van der Waals surface area (Å²) in [5.41, 5.74) is 5.72. The third kappa shape index (κ3) is 8.09. The molecule has 0 radical (unpaired) electrons.